The van der Waals surface area contributed by atoms with Crippen LogP contribution >= 0.6 is 0 Å². The number of rotatable bonds is 8. The molecule has 0 unspecified atom stereocenters. The van der Waals surface area contributed by atoms with E-state index in [1.807, 2.05) is 54.6 Å². The van der Waals surface area contributed by atoms with E-state index in [4.69, 9.17) is 9.47 Å². The van der Waals surface area contributed by atoms with E-state index in [0.29, 0.717) is 0 Å². The number of ether oxygens (including phenoxy) is 2. The number of cyclic esters (lactones) is 1. The molecule has 1 aliphatic heterocycles. The van der Waals surface area contributed by atoms with Crippen molar-refractivity contribution in [3.8, 4) is 5.75 Å². The number of hydrogen-bond acceptors (Lipinski definition) is 3. The lowest BCUT2D eigenvalue weighted by Gasteiger charge is -2.33. The van der Waals surface area contributed by atoms with Crippen LogP contribution in [-0.2, 0) is 9.53 Å². The molecule has 0 spiro atoms. The topological polar surface area (TPSA) is 35.5 Å². The average molecular weight is 364 g/mol. The largest absolute Gasteiger partial charge is 0.497 e. The van der Waals surface area contributed by atoms with Crippen molar-refractivity contribution in [1.82, 2.24) is 0 Å². The van der Waals surface area contributed by atoms with E-state index in [0.717, 1.165) is 35.3 Å². The molecule has 1 aliphatic rings. The summed E-state index contributed by atoms with van der Waals surface area (Å²) in [6.07, 6.45) is 7.23. The first kappa shape index (κ1) is 19.2. The zero-order valence-corrected chi connectivity index (χ0v) is 16.2. The maximum Gasteiger partial charge on any atom is 0.331 e. The third kappa shape index (κ3) is 4.79. The molecule has 1 heterocycles. The van der Waals surface area contributed by atoms with E-state index in [1.165, 1.54) is 19.3 Å². The molecule has 2 aromatic carbocycles. The average Bonchev–Trinajstić information content (AvgIpc) is 2.72. The molecule has 27 heavy (non-hydrogen) atoms. The Morgan fingerprint density at radius 1 is 0.963 bits per heavy atom. The van der Waals surface area contributed by atoms with E-state index in [2.05, 4.69) is 6.92 Å². The van der Waals surface area contributed by atoms with E-state index < -0.39 is 0 Å². The van der Waals surface area contributed by atoms with Gasteiger partial charge in [0, 0.05) is 12.0 Å². The summed E-state index contributed by atoms with van der Waals surface area (Å²) in [6.45, 7) is 2.22. The third-order valence-electron chi connectivity index (χ3n) is 5.20. The summed E-state index contributed by atoms with van der Waals surface area (Å²) in [5.41, 5.74) is 3.19. The number of carbonyl (C=O) groups excluding carboxylic acids is 1. The van der Waals surface area contributed by atoms with Gasteiger partial charge in [-0.2, -0.15) is 0 Å². The lowest BCUT2D eigenvalue weighted by atomic mass is 9.80. The van der Waals surface area contributed by atoms with Crippen LogP contribution in [-0.4, -0.2) is 13.1 Å². The molecule has 0 fully saturated rings. The van der Waals surface area contributed by atoms with E-state index >= 15 is 0 Å². The first-order valence-corrected chi connectivity index (χ1v) is 9.84. The molecule has 3 heteroatoms. The SMILES string of the molecule is CCCCCC[C@H]1C(c2ccc(OC)cc2)=CC(=O)O[C@H]1c1ccccc1. The van der Waals surface area contributed by atoms with Crippen LogP contribution in [0.5, 0.6) is 5.75 Å². The van der Waals surface area contributed by atoms with Crippen molar-refractivity contribution < 1.29 is 14.3 Å². The first-order valence-electron chi connectivity index (χ1n) is 9.84. The lowest BCUT2D eigenvalue weighted by molar-refractivity contribution is -0.146. The molecule has 0 saturated heterocycles. The smallest absolute Gasteiger partial charge is 0.331 e. The van der Waals surface area contributed by atoms with Crippen LogP contribution in [0.15, 0.2) is 60.7 Å². The number of hydrogen-bond donors (Lipinski definition) is 0. The Morgan fingerprint density at radius 3 is 2.37 bits per heavy atom. The van der Waals surface area contributed by atoms with Crippen LogP contribution in [0.4, 0.5) is 0 Å². The Kier molecular flexibility index (Phi) is 6.69. The maximum absolute atomic E-state index is 12.4. The van der Waals surface area contributed by atoms with Crippen molar-refractivity contribution in [2.24, 2.45) is 5.92 Å². The van der Waals surface area contributed by atoms with Crippen LogP contribution in [0.25, 0.3) is 5.57 Å². The third-order valence-corrected chi connectivity index (χ3v) is 5.20. The number of methoxy groups -OCH3 is 1. The highest BCUT2D eigenvalue weighted by Crippen LogP contribution is 2.43. The molecule has 0 saturated carbocycles. The fourth-order valence-corrected chi connectivity index (χ4v) is 3.76. The molecule has 0 radical (unpaired) electrons. The lowest BCUT2D eigenvalue weighted by Crippen LogP contribution is -2.25. The minimum Gasteiger partial charge on any atom is -0.497 e. The van der Waals surface area contributed by atoms with E-state index in [-0.39, 0.29) is 18.0 Å². The maximum atomic E-state index is 12.4. The fraction of sp³-hybridized carbons (Fsp3) is 0.375. The Hall–Kier alpha value is -2.55. The summed E-state index contributed by atoms with van der Waals surface area (Å²) >= 11 is 0. The summed E-state index contributed by atoms with van der Waals surface area (Å²) in [6, 6.07) is 18.1. The summed E-state index contributed by atoms with van der Waals surface area (Å²) in [5.74, 6) is 0.715. The summed E-state index contributed by atoms with van der Waals surface area (Å²) < 4.78 is 11.1. The van der Waals surface area contributed by atoms with Gasteiger partial charge in [-0.05, 0) is 35.3 Å². The number of benzene rings is 2. The highest BCUT2D eigenvalue weighted by Gasteiger charge is 2.34. The minimum atomic E-state index is -0.264. The summed E-state index contributed by atoms with van der Waals surface area (Å²) in [5, 5.41) is 0. The van der Waals surface area contributed by atoms with Crippen molar-refractivity contribution in [2.75, 3.05) is 7.11 Å². The van der Waals surface area contributed by atoms with Crippen molar-refractivity contribution >= 4 is 11.5 Å². The second kappa shape index (κ2) is 9.40. The Labute approximate surface area is 162 Å². The summed E-state index contributed by atoms with van der Waals surface area (Å²) in [7, 11) is 1.66. The van der Waals surface area contributed by atoms with Crippen molar-refractivity contribution in [3.05, 3.63) is 71.8 Å². The van der Waals surface area contributed by atoms with Gasteiger partial charge in [-0.15, -0.1) is 0 Å². The highest BCUT2D eigenvalue weighted by atomic mass is 16.5. The number of esters is 1. The van der Waals surface area contributed by atoms with Crippen LogP contribution in [0.1, 0.15) is 56.3 Å². The van der Waals surface area contributed by atoms with Gasteiger partial charge in [0.25, 0.3) is 0 Å². The van der Waals surface area contributed by atoms with Crippen molar-refractivity contribution in [2.45, 2.75) is 45.1 Å². The van der Waals surface area contributed by atoms with Gasteiger partial charge in [0.2, 0.25) is 0 Å². The quantitative estimate of drug-likeness (QED) is 0.428. The van der Waals surface area contributed by atoms with Gasteiger partial charge in [0.15, 0.2) is 0 Å². The van der Waals surface area contributed by atoms with Gasteiger partial charge in [0.1, 0.15) is 11.9 Å². The molecule has 2 aromatic rings. The normalized spacial score (nSPS) is 19.3. The Balaban J connectivity index is 1.92. The number of carbonyl (C=O) groups is 1. The van der Waals surface area contributed by atoms with Crippen molar-refractivity contribution in [3.63, 3.8) is 0 Å². The van der Waals surface area contributed by atoms with E-state index in [1.54, 1.807) is 13.2 Å². The zero-order chi connectivity index (χ0) is 19.1. The Morgan fingerprint density at radius 2 is 1.70 bits per heavy atom. The minimum absolute atomic E-state index is 0.162. The molecule has 0 N–H and O–H groups in total. The molecule has 0 bridgehead atoms. The molecule has 0 aliphatic carbocycles. The molecular formula is C24H28O3. The summed E-state index contributed by atoms with van der Waals surface area (Å²) in [4.78, 5) is 12.4. The van der Waals surface area contributed by atoms with Crippen LogP contribution in [0.2, 0.25) is 0 Å². The second-order valence-corrected chi connectivity index (χ2v) is 7.05. The predicted octanol–water partition coefficient (Wildman–Crippen LogP) is 5.96. The molecule has 2 atom stereocenters. The Bertz CT molecular complexity index is 762. The van der Waals surface area contributed by atoms with Gasteiger partial charge in [-0.25, -0.2) is 4.79 Å². The van der Waals surface area contributed by atoms with Crippen molar-refractivity contribution in [1.29, 1.82) is 0 Å². The fourth-order valence-electron chi connectivity index (χ4n) is 3.76. The standard InChI is InChI=1S/C24H28O3/c1-3-4-5-9-12-21-22(18-13-15-20(26-2)16-14-18)17-23(25)27-24(21)19-10-7-6-8-11-19/h6-8,10-11,13-17,21,24H,3-5,9,12H2,1-2H3/t21-,24-/m0/s1. The molecule has 0 amide bonds. The van der Waals surface area contributed by atoms with Crippen LogP contribution in [0.3, 0.4) is 0 Å². The van der Waals surface area contributed by atoms with Gasteiger partial charge in [0.05, 0.1) is 7.11 Å². The monoisotopic (exact) mass is 364 g/mol. The predicted molar refractivity (Wildman–Crippen MR) is 108 cm³/mol. The second-order valence-electron chi connectivity index (χ2n) is 7.05. The van der Waals surface area contributed by atoms with Gasteiger partial charge in [-0.1, -0.05) is 75.1 Å². The van der Waals surface area contributed by atoms with Gasteiger partial charge in [-0.3, -0.25) is 0 Å². The molecule has 3 nitrogen and oxygen atoms in total. The molecule has 0 aromatic heterocycles. The first-order chi connectivity index (χ1) is 13.2. The number of unbranched alkanes of at least 4 members (excludes halogenated alkanes) is 3. The van der Waals surface area contributed by atoms with E-state index in [9.17, 15) is 4.79 Å². The zero-order valence-electron chi connectivity index (χ0n) is 16.2. The van der Waals surface area contributed by atoms with Gasteiger partial charge >= 0.3 is 5.97 Å². The van der Waals surface area contributed by atoms with Crippen LogP contribution in [0, 0.1) is 5.92 Å². The van der Waals surface area contributed by atoms with Gasteiger partial charge < -0.3 is 9.47 Å². The molecular weight excluding hydrogens is 336 g/mol. The highest BCUT2D eigenvalue weighted by molar-refractivity contribution is 5.94. The van der Waals surface area contributed by atoms with Crippen LogP contribution < -0.4 is 4.74 Å². The molecule has 142 valence electrons. The molecule has 3 rings (SSSR count).